The number of rotatable bonds is 5. The Morgan fingerprint density at radius 3 is 2.46 bits per heavy atom. The van der Waals surface area contributed by atoms with Crippen molar-refractivity contribution >= 4 is 22.4 Å². The Kier molecular flexibility index (Phi) is 5.28. The summed E-state index contributed by atoms with van der Waals surface area (Å²) in [6.07, 6.45) is 0. The molecule has 0 saturated carbocycles. The van der Waals surface area contributed by atoms with Crippen LogP contribution in [-0.4, -0.2) is 11.9 Å². The molecule has 3 aromatic rings. The summed E-state index contributed by atoms with van der Waals surface area (Å²) in [6.45, 7) is 3.64. The van der Waals surface area contributed by atoms with Crippen molar-refractivity contribution in [1.82, 2.24) is 0 Å². The maximum absolute atomic E-state index is 13.4. The first-order valence-electron chi connectivity index (χ1n) is 8.54. The van der Waals surface area contributed by atoms with Gasteiger partial charge in [-0.2, -0.15) is 0 Å². The number of amides is 1. The highest BCUT2D eigenvalue weighted by molar-refractivity contribution is 6.03. The lowest BCUT2D eigenvalue weighted by Crippen LogP contribution is -2.91. The Bertz CT molecular complexity index is 937. The van der Waals surface area contributed by atoms with E-state index in [9.17, 15) is 13.6 Å². The van der Waals surface area contributed by atoms with Gasteiger partial charge >= 0.3 is 0 Å². The molecule has 1 amide bonds. The molecule has 2 atom stereocenters. The molecular formula is C21H21F2N2O+. The van der Waals surface area contributed by atoms with Gasteiger partial charge in [0, 0.05) is 16.6 Å². The molecule has 0 saturated heterocycles. The lowest BCUT2D eigenvalue weighted by molar-refractivity contribution is -0.709. The van der Waals surface area contributed by atoms with E-state index in [-0.39, 0.29) is 11.9 Å². The fourth-order valence-corrected chi connectivity index (χ4v) is 3.01. The monoisotopic (exact) mass is 355 g/mol. The summed E-state index contributed by atoms with van der Waals surface area (Å²) in [7, 11) is 0. The molecular weight excluding hydrogens is 334 g/mol. The van der Waals surface area contributed by atoms with E-state index in [0.717, 1.165) is 22.5 Å². The zero-order valence-electron chi connectivity index (χ0n) is 14.7. The van der Waals surface area contributed by atoms with Crippen LogP contribution in [0.15, 0.2) is 60.7 Å². The molecule has 5 heteroatoms. The summed E-state index contributed by atoms with van der Waals surface area (Å²) in [5, 5.41) is 6.81. The average Bonchev–Trinajstić information content (AvgIpc) is 2.64. The zero-order valence-corrected chi connectivity index (χ0v) is 14.7. The normalized spacial score (nSPS) is 13.4. The summed E-state index contributed by atoms with van der Waals surface area (Å²) in [5.41, 5.74) is 1.39. The fourth-order valence-electron chi connectivity index (χ4n) is 3.01. The molecule has 3 N–H and O–H groups in total. The molecule has 3 aromatic carbocycles. The Hall–Kier alpha value is -2.79. The van der Waals surface area contributed by atoms with Crippen LogP contribution < -0.4 is 10.6 Å². The van der Waals surface area contributed by atoms with E-state index in [2.05, 4.69) is 5.32 Å². The summed E-state index contributed by atoms with van der Waals surface area (Å²) in [6, 6.07) is 16.8. The van der Waals surface area contributed by atoms with Crippen molar-refractivity contribution < 1.29 is 18.9 Å². The van der Waals surface area contributed by atoms with Crippen molar-refractivity contribution in [3.8, 4) is 0 Å². The summed E-state index contributed by atoms with van der Waals surface area (Å²) in [5.74, 6) is -1.89. The minimum atomic E-state index is -0.879. The minimum Gasteiger partial charge on any atom is -0.330 e. The predicted octanol–water partition coefficient (Wildman–Crippen LogP) is 3.77. The van der Waals surface area contributed by atoms with Crippen LogP contribution in [0.4, 0.5) is 14.5 Å². The number of nitrogens with two attached hydrogens (primary N) is 1. The van der Waals surface area contributed by atoms with Gasteiger partial charge in [-0.25, -0.2) is 8.78 Å². The smallest absolute Gasteiger partial charge is 0.282 e. The van der Waals surface area contributed by atoms with Gasteiger partial charge in [0.1, 0.15) is 6.04 Å². The number of anilines is 1. The number of halogens is 2. The van der Waals surface area contributed by atoms with Crippen molar-refractivity contribution in [3.05, 3.63) is 77.9 Å². The Morgan fingerprint density at radius 1 is 0.962 bits per heavy atom. The van der Waals surface area contributed by atoms with Crippen LogP contribution in [-0.2, 0) is 4.79 Å². The molecule has 0 spiro atoms. The van der Waals surface area contributed by atoms with Crippen LogP contribution in [0, 0.1) is 11.6 Å². The molecule has 0 aliphatic heterocycles. The molecule has 0 heterocycles. The Labute approximate surface area is 151 Å². The molecule has 3 nitrogen and oxygen atoms in total. The van der Waals surface area contributed by atoms with Crippen LogP contribution in [0.5, 0.6) is 0 Å². The van der Waals surface area contributed by atoms with Crippen molar-refractivity contribution in [1.29, 1.82) is 0 Å². The van der Waals surface area contributed by atoms with E-state index < -0.39 is 17.7 Å². The number of quaternary nitrogens is 1. The van der Waals surface area contributed by atoms with Crippen molar-refractivity contribution in [2.75, 3.05) is 5.32 Å². The second-order valence-electron chi connectivity index (χ2n) is 6.46. The number of fused-ring (bicyclic) bond motifs is 1. The van der Waals surface area contributed by atoms with E-state index >= 15 is 0 Å². The minimum absolute atomic E-state index is 0.143. The van der Waals surface area contributed by atoms with Gasteiger partial charge in [-0.05, 0) is 43.5 Å². The number of hydrogen-bond acceptors (Lipinski definition) is 1. The molecule has 3 rings (SSSR count). The maximum atomic E-state index is 13.4. The van der Waals surface area contributed by atoms with Gasteiger partial charge in [0.2, 0.25) is 0 Å². The summed E-state index contributed by atoms with van der Waals surface area (Å²) < 4.78 is 26.5. The Morgan fingerprint density at radius 2 is 1.69 bits per heavy atom. The first-order valence-corrected chi connectivity index (χ1v) is 8.54. The van der Waals surface area contributed by atoms with Crippen molar-refractivity contribution in [2.45, 2.75) is 25.9 Å². The fraction of sp³-hybridized carbons (Fsp3) is 0.190. The number of carbonyl (C=O) groups is 1. The molecule has 134 valence electrons. The molecule has 0 fully saturated rings. The number of benzene rings is 3. The van der Waals surface area contributed by atoms with Crippen LogP contribution in [0.2, 0.25) is 0 Å². The van der Waals surface area contributed by atoms with E-state index in [0.29, 0.717) is 5.56 Å². The van der Waals surface area contributed by atoms with Crippen LogP contribution >= 0.6 is 0 Å². The van der Waals surface area contributed by atoms with Crippen LogP contribution in [0.3, 0.4) is 0 Å². The van der Waals surface area contributed by atoms with E-state index in [1.54, 1.807) is 6.92 Å². The first-order chi connectivity index (χ1) is 12.5. The van der Waals surface area contributed by atoms with Crippen molar-refractivity contribution in [3.63, 3.8) is 0 Å². The average molecular weight is 355 g/mol. The molecule has 0 aromatic heterocycles. The Balaban J connectivity index is 1.70. The standard InChI is InChI=1S/C21H20F2N2O/c1-13(16-10-11-18(22)19(23)12-16)24-14(2)21(26)25-20-9-5-7-15-6-3-4-8-17(15)20/h3-14,24H,1-2H3,(H,25,26)/p+1/t13-,14-/m0/s1. The third-order valence-corrected chi connectivity index (χ3v) is 4.51. The van der Waals surface area contributed by atoms with Gasteiger partial charge in [0.25, 0.3) is 5.91 Å². The highest BCUT2D eigenvalue weighted by Crippen LogP contribution is 2.23. The lowest BCUT2D eigenvalue weighted by atomic mass is 10.1. The van der Waals surface area contributed by atoms with E-state index in [1.807, 2.05) is 54.7 Å². The third kappa shape index (κ3) is 3.89. The molecule has 26 heavy (non-hydrogen) atoms. The number of hydrogen-bond donors (Lipinski definition) is 2. The molecule has 0 aliphatic carbocycles. The number of nitrogens with one attached hydrogen (secondary N) is 1. The van der Waals surface area contributed by atoms with E-state index in [1.165, 1.54) is 12.1 Å². The molecule has 0 bridgehead atoms. The van der Waals surface area contributed by atoms with Gasteiger partial charge in [0.05, 0.1) is 0 Å². The van der Waals surface area contributed by atoms with Gasteiger partial charge in [-0.15, -0.1) is 0 Å². The van der Waals surface area contributed by atoms with Crippen LogP contribution in [0.25, 0.3) is 10.8 Å². The summed E-state index contributed by atoms with van der Waals surface area (Å²) in [4.78, 5) is 12.6. The van der Waals surface area contributed by atoms with Gasteiger partial charge in [-0.1, -0.05) is 36.4 Å². The second-order valence-corrected chi connectivity index (χ2v) is 6.46. The van der Waals surface area contributed by atoms with Gasteiger partial charge in [0.15, 0.2) is 17.7 Å². The second kappa shape index (κ2) is 7.62. The zero-order chi connectivity index (χ0) is 18.7. The van der Waals surface area contributed by atoms with Gasteiger partial charge in [-0.3, -0.25) is 4.79 Å². The predicted molar refractivity (Wildman–Crippen MR) is 98.7 cm³/mol. The molecule has 0 unspecified atom stereocenters. The van der Waals surface area contributed by atoms with Crippen molar-refractivity contribution in [2.24, 2.45) is 0 Å². The lowest BCUT2D eigenvalue weighted by Gasteiger charge is -2.17. The first kappa shape index (κ1) is 18.0. The summed E-state index contributed by atoms with van der Waals surface area (Å²) >= 11 is 0. The largest absolute Gasteiger partial charge is 0.330 e. The van der Waals surface area contributed by atoms with E-state index in [4.69, 9.17) is 0 Å². The topological polar surface area (TPSA) is 45.7 Å². The molecule has 0 aliphatic rings. The van der Waals surface area contributed by atoms with Gasteiger partial charge < -0.3 is 10.6 Å². The molecule has 0 radical (unpaired) electrons. The number of carbonyl (C=O) groups excluding carboxylic acids is 1. The third-order valence-electron chi connectivity index (χ3n) is 4.51. The highest BCUT2D eigenvalue weighted by atomic mass is 19.2. The highest BCUT2D eigenvalue weighted by Gasteiger charge is 2.21. The maximum Gasteiger partial charge on any atom is 0.282 e. The SMILES string of the molecule is C[C@H]([NH2+][C@@H](C)c1ccc(F)c(F)c1)C(=O)Nc1cccc2ccccc12. The van der Waals surface area contributed by atoms with Crippen LogP contribution in [0.1, 0.15) is 25.5 Å². The quantitative estimate of drug-likeness (QED) is 0.719.